The van der Waals surface area contributed by atoms with Crippen LogP contribution >= 0.6 is 0 Å². The summed E-state index contributed by atoms with van der Waals surface area (Å²) in [5.74, 6) is 0. The van der Waals surface area contributed by atoms with E-state index in [2.05, 4.69) is 0 Å². The summed E-state index contributed by atoms with van der Waals surface area (Å²) in [4.78, 5) is 10.3. The van der Waals surface area contributed by atoms with Crippen LogP contribution in [0.25, 0.3) is 0 Å². The van der Waals surface area contributed by atoms with Crippen molar-refractivity contribution in [2.45, 2.75) is 20.8 Å². The van der Waals surface area contributed by atoms with Crippen LogP contribution in [-0.2, 0) is 0 Å². The van der Waals surface area contributed by atoms with Gasteiger partial charge in [-0.3, -0.25) is 10.1 Å². The van der Waals surface area contributed by atoms with Gasteiger partial charge >= 0.3 is 0 Å². The van der Waals surface area contributed by atoms with Crippen LogP contribution in [0.3, 0.4) is 0 Å². The molecule has 0 fully saturated rings. The molecule has 0 radical (unpaired) electrons. The summed E-state index contributed by atoms with van der Waals surface area (Å²) >= 11 is 0. The Hall–Kier alpha value is -1.38. The van der Waals surface area contributed by atoms with Crippen molar-refractivity contribution in [3.63, 3.8) is 0 Å². The van der Waals surface area contributed by atoms with Gasteiger partial charge in [0.15, 0.2) is 0 Å². The summed E-state index contributed by atoms with van der Waals surface area (Å²) in [5, 5.41) is 10.6. The van der Waals surface area contributed by atoms with Gasteiger partial charge in [-0.15, -0.1) is 0 Å². The van der Waals surface area contributed by atoms with Gasteiger partial charge in [0.2, 0.25) is 0 Å². The highest BCUT2D eigenvalue weighted by atomic mass is 16.6. The fraction of sp³-hybridized carbons (Fsp3) is 0.400. The number of nitro groups is 1. The number of rotatable bonds is 1. The smallest absolute Gasteiger partial charge is 0.258 e. The van der Waals surface area contributed by atoms with E-state index in [1.54, 1.807) is 12.2 Å². The largest absolute Gasteiger partial charge is 0.266 e. The maximum Gasteiger partial charge on any atom is 0.266 e. The monoisotopic (exact) mass is 179 g/mol. The molecule has 1 rings (SSSR count). The molecule has 0 aliphatic heterocycles. The molecule has 0 bridgehead atoms. The van der Waals surface area contributed by atoms with E-state index >= 15 is 0 Å². The van der Waals surface area contributed by atoms with E-state index in [1.165, 1.54) is 0 Å². The van der Waals surface area contributed by atoms with Gasteiger partial charge in [-0.25, -0.2) is 0 Å². The van der Waals surface area contributed by atoms with Crippen LogP contribution in [0, 0.1) is 15.5 Å². The van der Waals surface area contributed by atoms with Gasteiger partial charge in [-0.1, -0.05) is 26.0 Å². The number of nitrogens with zero attached hydrogens (tertiary/aromatic N) is 1. The molecule has 0 aromatic carbocycles. The zero-order chi connectivity index (χ0) is 10.1. The summed E-state index contributed by atoms with van der Waals surface area (Å²) in [6.45, 7) is 5.74. The lowest BCUT2D eigenvalue weighted by molar-refractivity contribution is -0.419. The first-order chi connectivity index (χ1) is 5.91. The molecule has 0 spiro atoms. The molecular formula is C10H13NO2. The molecule has 13 heavy (non-hydrogen) atoms. The second-order valence-electron chi connectivity index (χ2n) is 3.87. The van der Waals surface area contributed by atoms with Crippen molar-refractivity contribution in [2.24, 2.45) is 5.41 Å². The molecule has 0 heterocycles. The van der Waals surface area contributed by atoms with E-state index in [1.807, 2.05) is 32.9 Å². The predicted octanol–water partition coefficient (Wildman–Crippen LogP) is 2.69. The van der Waals surface area contributed by atoms with E-state index in [9.17, 15) is 10.1 Å². The van der Waals surface area contributed by atoms with Crippen LogP contribution in [0.1, 0.15) is 20.8 Å². The standard InChI is InChI=1S/C10H13NO2/c1-8-4-5-10(2,3)7-9(6-8)11(12)13/h4-7H,1-3H3. The Bertz CT molecular complexity index is 322. The van der Waals surface area contributed by atoms with E-state index in [4.69, 9.17) is 0 Å². The van der Waals surface area contributed by atoms with Crippen molar-refractivity contribution in [1.29, 1.82) is 0 Å². The van der Waals surface area contributed by atoms with Gasteiger partial charge in [0.25, 0.3) is 5.70 Å². The normalized spacial score (nSPS) is 20.2. The third-order valence-corrected chi connectivity index (χ3v) is 1.88. The molecule has 0 aromatic heterocycles. The van der Waals surface area contributed by atoms with Crippen molar-refractivity contribution >= 4 is 0 Å². The van der Waals surface area contributed by atoms with Crippen molar-refractivity contribution in [2.75, 3.05) is 0 Å². The topological polar surface area (TPSA) is 43.1 Å². The van der Waals surface area contributed by atoms with Gasteiger partial charge in [-0.05, 0) is 12.5 Å². The van der Waals surface area contributed by atoms with E-state index < -0.39 is 0 Å². The zero-order valence-electron chi connectivity index (χ0n) is 8.07. The Morgan fingerprint density at radius 1 is 1.46 bits per heavy atom. The van der Waals surface area contributed by atoms with Crippen LogP contribution in [-0.4, -0.2) is 4.92 Å². The minimum absolute atomic E-state index is 0.174. The highest BCUT2D eigenvalue weighted by Crippen LogP contribution is 2.25. The minimum atomic E-state index is -0.349. The van der Waals surface area contributed by atoms with E-state index in [0.717, 1.165) is 5.57 Å². The third-order valence-electron chi connectivity index (χ3n) is 1.88. The lowest BCUT2D eigenvalue weighted by atomic mass is 9.92. The molecule has 0 N–H and O–H groups in total. The molecule has 1 aliphatic rings. The lowest BCUT2D eigenvalue weighted by Gasteiger charge is -2.11. The molecule has 0 aromatic rings. The van der Waals surface area contributed by atoms with E-state index in [-0.39, 0.29) is 16.0 Å². The van der Waals surface area contributed by atoms with Crippen LogP contribution < -0.4 is 0 Å². The van der Waals surface area contributed by atoms with Crippen molar-refractivity contribution in [3.8, 4) is 0 Å². The Labute approximate surface area is 77.6 Å². The summed E-state index contributed by atoms with van der Waals surface area (Å²) in [5.41, 5.74) is 0.845. The minimum Gasteiger partial charge on any atom is -0.258 e. The van der Waals surface area contributed by atoms with Crippen LogP contribution in [0.4, 0.5) is 0 Å². The molecule has 0 saturated heterocycles. The van der Waals surface area contributed by atoms with Crippen molar-refractivity contribution < 1.29 is 4.92 Å². The van der Waals surface area contributed by atoms with Gasteiger partial charge in [0.1, 0.15) is 0 Å². The Morgan fingerprint density at radius 3 is 2.62 bits per heavy atom. The first-order valence-electron chi connectivity index (χ1n) is 4.15. The second kappa shape index (κ2) is 3.17. The number of hydrogen-bond acceptors (Lipinski definition) is 2. The average molecular weight is 179 g/mol. The summed E-state index contributed by atoms with van der Waals surface area (Å²) in [6, 6.07) is 0. The molecule has 0 unspecified atom stereocenters. The van der Waals surface area contributed by atoms with Gasteiger partial charge in [0, 0.05) is 17.6 Å². The maximum absolute atomic E-state index is 10.6. The molecule has 1 aliphatic carbocycles. The fourth-order valence-electron chi connectivity index (χ4n) is 1.20. The summed E-state index contributed by atoms with van der Waals surface area (Å²) < 4.78 is 0. The van der Waals surface area contributed by atoms with Crippen LogP contribution in [0.15, 0.2) is 35.6 Å². The van der Waals surface area contributed by atoms with Gasteiger partial charge in [0.05, 0.1) is 4.92 Å². The Balaban J connectivity index is 3.14. The maximum atomic E-state index is 10.6. The first kappa shape index (κ1) is 9.71. The average Bonchev–Trinajstić information content (AvgIpc) is 2.11. The Kier molecular flexibility index (Phi) is 2.36. The lowest BCUT2D eigenvalue weighted by Crippen LogP contribution is -2.06. The van der Waals surface area contributed by atoms with Crippen molar-refractivity contribution in [1.82, 2.24) is 0 Å². The van der Waals surface area contributed by atoms with Gasteiger partial charge in [-0.2, -0.15) is 0 Å². The second-order valence-corrected chi connectivity index (χ2v) is 3.87. The number of hydrogen-bond donors (Lipinski definition) is 0. The van der Waals surface area contributed by atoms with Crippen LogP contribution in [0.2, 0.25) is 0 Å². The SMILES string of the molecule is CC1=CC([N+](=O)[O-])=CC(C)(C)C=C1. The predicted molar refractivity (Wildman–Crippen MR) is 51.8 cm³/mol. The Morgan fingerprint density at radius 2 is 2.08 bits per heavy atom. The molecular weight excluding hydrogens is 166 g/mol. The summed E-state index contributed by atoms with van der Waals surface area (Å²) in [7, 11) is 0. The number of allylic oxidation sites excluding steroid dienone is 5. The quantitative estimate of drug-likeness (QED) is 0.458. The highest BCUT2D eigenvalue weighted by molar-refractivity contribution is 5.32. The molecule has 3 heteroatoms. The van der Waals surface area contributed by atoms with Crippen molar-refractivity contribution in [3.05, 3.63) is 45.7 Å². The molecule has 0 amide bonds. The fourth-order valence-corrected chi connectivity index (χ4v) is 1.20. The summed E-state index contributed by atoms with van der Waals surface area (Å²) in [6.07, 6.45) is 7.13. The molecule has 3 nitrogen and oxygen atoms in total. The van der Waals surface area contributed by atoms with Crippen LogP contribution in [0.5, 0.6) is 0 Å². The molecule has 0 saturated carbocycles. The zero-order valence-corrected chi connectivity index (χ0v) is 8.07. The van der Waals surface area contributed by atoms with Gasteiger partial charge < -0.3 is 0 Å². The molecule has 70 valence electrons. The first-order valence-corrected chi connectivity index (χ1v) is 4.15. The molecule has 0 atom stereocenters. The third kappa shape index (κ3) is 2.54. The highest BCUT2D eigenvalue weighted by Gasteiger charge is 2.19. The van der Waals surface area contributed by atoms with E-state index in [0.29, 0.717) is 0 Å².